The third kappa shape index (κ3) is 6.16. The van der Waals surface area contributed by atoms with E-state index in [0.717, 1.165) is 49.0 Å². The zero-order chi connectivity index (χ0) is 21.3. The maximum absolute atomic E-state index is 12.9. The summed E-state index contributed by atoms with van der Waals surface area (Å²) >= 11 is 1.61. The summed E-state index contributed by atoms with van der Waals surface area (Å²) in [5, 5.41) is 5.56. The lowest BCUT2D eigenvalue weighted by atomic mass is 10.1. The highest BCUT2D eigenvalue weighted by Crippen LogP contribution is 2.32. The van der Waals surface area contributed by atoms with Crippen LogP contribution in [0, 0.1) is 0 Å². The minimum atomic E-state index is -0.702. The van der Waals surface area contributed by atoms with E-state index in [9.17, 15) is 9.59 Å². The fourth-order valence-corrected chi connectivity index (χ4v) is 4.08. The highest BCUT2D eigenvalue weighted by atomic mass is 32.2. The van der Waals surface area contributed by atoms with Crippen molar-refractivity contribution >= 4 is 40.8 Å². The first-order chi connectivity index (χ1) is 14.6. The quantitative estimate of drug-likeness (QED) is 0.558. The van der Waals surface area contributed by atoms with E-state index >= 15 is 0 Å². The average molecular weight is 438 g/mol. The molecule has 0 spiro atoms. The lowest BCUT2D eigenvalue weighted by Crippen LogP contribution is -2.46. The molecule has 4 N–H and O–H groups in total. The van der Waals surface area contributed by atoms with Crippen LogP contribution in [0.4, 0.5) is 21.9 Å². The maximum atomic E-state index is 12.9. The van der Waals surface area contributed by atoms with Gasteiger partial charge in [0, 0.05) is 31.9 Å². The van der Waals surface area contributed by atoms with Crippen LogP contribution in [0.3, 0.4) is 0 Å². The smallest absolute Gasteiger partial charge is 0.312 e. The normalized spacial score (nSPS) is 18.0. The Morgan fingerprint density at radius 2 is 1.73 bits per heavy atom. The van der Waals surface area contributed by atoms with Gasteiger partial charge in [0.25, 0.3) is 0 Å². The molecule has 30 heavy (non-hydrogen) atoms. The molecule has 0 saturated carbocycles. The number of amides is 3. The van der Waals surface area contributed by atoms with Crippen molar-refractivity contribution < 1.29 is 19.1 Å². The summed E-state index contributed by atoms with van der Waals surface area (Å²) in [5.74, 6) is 0.474. The van der Waals surface area contributed by atoms with Crippen LogP contribution in [0.5, 0.6) is 0 Å². The molecule has 3 amide bonds. The number of hydrogen-bond acceptors (Lipinski definition) is 7. The summed E-state index contributed by atoms with van der Waals surface area (Å²) in [6.07, 6.45) is 2.47. The van der Waals surface area contributed by atoms with Gasteiger partial charge in [0.05, 0.1) is 37.8 Å². The van der Waals surface area contributed by atoms with Gasteiger partial charge in [-0.3, -0.25) is 4.79 Å². The van der Waals surface area contributed by atoms with Crippen molar-refractivity contribution in [3.63, 3.8) is 0 Å². The Labute approximate surface area is 181 Å². The molecule has 1 aromatic carbocycles. The number of nitrogens with one attached hydrogen (secondary N) is 2. The number of primary amides is 1. The van der Waals surface area contributed by atoms with Gasteiger partial charge in [-0.05, 0) is 36.6 Å². The molecule has 0 radical (unpaired) electrons. The number of thioether (sulfide) groups is 1. The molecule has 2 aliphatic rings. The molecule has 2 fully saturated rings. The van der Waals surface area contributed by atoms with E-state index in [1.54, 1.807) is 11.8 Å². The summed E-state index contributed by atoms with van der Waals surface area (Å²) in [5.41, 5.74) is 8.05. The van der Waals surface area contributed by atoms with Gasteiger partial charge in [0.15, 0.2) is 0 Å². The molecule has 2 saturated heterocycles. The van der Waals surface area contributed by atoms with E-state index in [-0.39, 0.29) is 5.91 Å². The van der Waals surface area contributed by atoms with Crippen molar-refractivity contribution in [1.29, 1.82) is 0 Å². The number of nitrogens with zero attached hydrogens (tertiary/aromatic N) is 2. The highest BCUT2D eigenvalue weighted by molar-refractivity contribution is 7.98. The molecule has 10 heteroatoms. The number of ether oxygens (including phenoxy) is 2. The standard InChI is InChI=1S/C20H31N5O4S/c1-30-13-4-17(23-20(21)27)19(26)22-16-3-2-15(24-5-9-28-10-6-24)14-18(16)25-7-11-29-12-8-25/h2-3,14,17H,4-13H2,1H3,(H,22,26)(H3,21,23,27)/t17-/m0/s1. The lowest BCUT2D eigenvalue weighted by Gasteiger charge is -2.34. The summed E-state index contributed by atoms with van der Waals surface area (Å²) < 4.78 is 11.0. The van der Waals surface area contributed by atoms with E-state index in [0.29, 0.717) is 32.8 Å². The highest BCUT2D eigenvalue weighted by Gasteiger charge is 2.23. The Bertz CT molecular complexity index is 723. The molecule has 166 valence electrons. The summed E-state index contributed by atoms with van der Waals surface area (Å²) in [6.45, 7) is 5.91. The molecule has 9 nitrogen and oxygen atoms in total. The Hall–Kier alpha value is -2.17. The minimum Gasteiger partial charge on any atom is -0.378 e. The van der Waals surface area contributed by atoms with E-state index in [1.165, 1.54) is 0 Å². The third-order valence-electron chi connectivity index (χ3n) is 5.21. The Kier molecular flexibility index (Phi) is 8.47. The number of hydrogen-bond donors (Lipinski definition) is 3. The molecular formula is C20H31N5O4S. The number of carbonyl (C=O) groups is 2. The second-order valence-corrected chi connectivity index (χ2v) is 8.22. The van der Waals surface area contributed by atoms with Crippen molar-refractivity contribution in [1.82, 2.24) is 5.32 Å². The second-order valence-electron chi connectivity index (χ2n) is 7.23. The fraction of sp³-hybridized carbons (Fsp3) is 0.600. The second kappa shape index (κ2) is 11.3. The minimum absolute atomic E-state index is 0.267. The van der Waals surface area contributed by atoms with Crippen molar-refractivity contribution in [2.24, 2.45) is 5.73 Å². The van der Waals surface area contributed by atoms with Crippen LogP contribution >= 0.6 is 11.8 Å². The summed E-state index contributed by atoms with van der Waals surface area (Å²) in [4.78, 5) is 28.8. The van der Waals surface area contributed by atoms with Crippen LogP contribution in [0.25, 0.3) is 0 Å². The predicted octanol–water partition coefficient (Wildman–Crippen LogP) is 1.09. The molecule has 1 atom stereocenters. The van der Waals surface area contributed by atoms with Crippen LogP contribution in [0.2, 0.25) is 0 Å². The van der Waals surface area contributed by atoms with Crippen LogP contribution in [-0.2, 0) is 14.3 Å². The van der Waals surface area contributed by atoms with Gasteiger partial charge in [-0.2, -0.15) is 11.8 Å². The molecule has 3 rings (SSSR count). The third-order valence-corrected chi connectivity index (χ3v) is 5.85. The first-order valence-electron chi connectivity index (χ1n) is 10.2. The summed E-state index contributed by atoms with van der Waals surface area (Å²) in [6, 6.07) is 4.69. The first-order valence-corrected chi connectivity index (χ1v) is 11.6. The molecule has 0 bridgehead atoms. The average Bonchev–Trinajstić information content (AvgIpc) is 2.77. The molecule has 1 aromatic rings. The van der Waals surface area contributed by atoms with Crippen molar-refractivity contribution in [3.05, 3.63) is 18.2 Å². The monoisotopic (exact) mass is 437 g/mol. The first kappa shape index (κ1) is 22.5. The molecule has 0 aromatic heterocycles. The van der Waals surface area contributed by atoms with E-state index < -0.39 is 12.1 Å². The van der Waals surface area contributed by atoms with E-state index in [2.05, 4.69) is 26.5 Å². The molecule has 2 aliphatic heterocycles. The lowest BCUT2D eigenvalue weighted by molar-refractivity contribution is -0.117. The largest absolute Gasteiger partial charge is 0.378 e. The summed E-state index contributed by atoms with van der Waals surface area (Å²) in [7, 11) is 0. The predicted molar refractivity (Wildman–Crippen MR) is 121 cm³/mol. The molecule has 0 unspecified atom stereocenters. The number of nitrogens with two attached hydrogens (primary N) is 1. The molecule has 2 heterocycles. The Morgan fingerprint density at radius 3 is 2.33 bits per heavy atom. The van der Waals surface area contributed by atoms with Gasteiger partial charge >= 0.3 is 6.03 Å². The van der Waals surface area contributed by atoms with E-state index in [4.69, 9.17) is 15.2 Å². The fourth-order valence-electron chi connectivity index (χ4n) is 3.61. The van der Waals surface area contributed by atoms with Gasteiger partial charge in [-0.1, -0.05) is 0 Å². The van der Waals surface area contributed by atoms with Gasteiger partial charge in [0.2, 0.25) is 5.91 Å². The SMILES string of the molecule is CSCC[C@H](NC(N)=O)C(=O)Nc1ccc(N2CCOCC2)cc1N1CCOCC1. The maximum Gasteiger partial charge on any atom is 0.312 e. The van der Waals surface area contributed by atoms with Crippen LogP contribution in [0.1, 0.15) is 6.42 Å². The van der Waals surface area contributed by atoms with Gasteiger partial charge in [-0.15, -0.1) is 0 Å². The number of urea groups is 1. The van der Waals surface area contributed by atoms with E-state index in [1.807, 2.05) is 18.4 Å². The van der Waals surface area contributed by atoms with Crippen LogP contribution < -0.4 is 26.2 Å². The zero-order valence-corrected chi connectivity index (χ0v) is 18.2. The topological polar surface area (TPSA) is 109 Å². The number of carbonyl (C=O) groups excluding carboxylic acids is 2. The van der Waals surface area contributed by atoms with Crippen molar-refractivity contribution in [2.45, 2.75) is 12.5 Å². The molecule has 0 aliphatic carbocycles. The number of benzene rings is 1. The van der Waals surface area contributed by atoms with Gasteiger partial charge < -0.3 is 35.6 Å². The molecular weight excluding hydrogens is 406 g/mol. The zero-order valence-electron chi connectivity index (χ0n) is 17.4. The van der Waals surface area contributed by atoms with Crippen molar-refractivity contribution in [3.8, 4) is 0 Å². The van der Waals surface area contributed by atoms with Crippen LogP contribution in [-0.4, -0.2) is 82.6 Å². The van der Waals surface area contributed by atoms with Crippen molar-refractivity contribution in [2.75, 3.05) is 79.7 Å². The number of rotatable bonds is 8. The number of anilines is 3. The van der Waals surface area contributed by atoms with Crippen LogP contribution in [0.15, 0.2) is 18.2 Å². The van der Waals surface area contributed by atoms with Gasteiger partial charge in [-0.25, -0.2) is 4.79 Å². The Balaban J connectivity index is 1.82. The number of morpholine rings is 2. The van der Waals surface area contributed by atoms with Gasteiger partial charge in [0.1, 0.15) is 6.04 Å². The Morgan fingerprint density at radius 1 is 1.10 bits per heavy atom.